The summed E-state index contributed by atoms with van der Waals surface area (Å²) < 4.78 is 0. The van der Waals surface area contributed by atoms with E-state index in [9.17, 15) is 0 Å². The summed E-state index contributed by atoms with van der Waals surface area (Å²) >= 11 is 1.81. The van der Waals surface area contributed by atoms with Crippen molar-refractivity contribution < 1.29 is 0 Å². The van der Waals surface area contributed by atoms with Crippen LogP contribution in [-0.4, -0.2) is 29.6 Å². The number of thiophene rings is 1. The summed E-state index contributed by atoms with van der Waals surface area (Å²) in [5, 5.41) is 5.46. The Bertz CT molecular complexity index is 553. The predicted molar refractivity (Wildman–Crippen MR) is 91.5 cm³/mol. The molecule has 1 unspecified atom stereocenters. The molecule has 2 aromatic rings. The highest BCUT2D eigenvalue weighted by Gasteiger charge is 2.18. The second-order valence-corrected chi connectivity index (χ2v) is 6.18. The second-order valence-electron chi connectivity index (χ2n) is 5.15. The molecule has 0 aliphatic carbocycles. The SMILES string of the molecule is CCNc1ncnc(N(C)C(C)Cc2cccs2)c1CC. The van der Waals surface area contributed by atoms with E-state index in [-0.39, 0.29) is 0 Å². The molecule has 0 bridgehead atoms. The van der Waals surface area contributed by atoms with E-state index in [1.165, 1.54) is 10.4 Å². The highest BCUT2D eigenvalue weighted by atomic mass is 32.1. The molecule has 0 fully saturated rings. The Morgan fingerprint density at radius 3 is 2.76 bits per heavy atom. The maximum absolute atomic E-state index is 4.52. The Labute approximate surface area is 131 Å². The molecule has 0 aliphatic rings. The minimum Gasteiger partial charge on any atom is -0.370 e. The van der Waals surface area contributed by atoms with Gasteiger partial charge in [-0.3, -0.25) is 0 Å². The van der Waals surface area contributed by atoms with E-state index in [0.717, 1.165) is 31.0 Å². The summed E-state index contributed by atoms with van der Waals surface area (Å²) in [6, 6.07) is 4.70. The number of nitrogens with zero attached hydrogens (tertiary/aromatic N) is 3. The van der Waals surface area contributed by atoms with Crippen molar-refractivity contribution in [3.63, 3.8) is 0 Å². The Morgan fingerprint density at radius 2 is 2.14 bits per heavy atom. The Kier molecular flexibility index (Phi) is 5.56. The fourth-order valence-corrected chi connectivity index (χ4v) is 3.24. The van der Waals surface area contributed by atoms with Crippen molar-refractivity contribution in [2.45, 2.75) is 39.7 Å². The third-order valence-electron chi connectivity index (χ3n) is 3.69. The van der Waals surface area contributed by atoms with Crippen LogP contribution >= 0.6 is 11.3 Å². The van der Waals surface area contributed by atoms with Gasteiger partial charge in [0, 0.05) is 36.5 Å². The molecule has 0 saturated heterocycles. The number of anilines is 2. The normalized spacial score (nSPS) is 12.2. The molecule has 2 rings (SSSR count). The number of hydrogen-bond donors (Lipinski definition) is 1. The molecule has 0 saturated carbocycles. The quantitative estimate of drug-likeness (QED) is 0.848. The van der Waals surface area contributed by atoms with Crippen LogP contribution in [0.1, 0.15) is 31.2 Å². The van der Waals surface area contributed by atoms with E-state index in [1.54, 1.807) is 6.33 Å². The van der Waals surface area contributed by atoms with Gasteiger partial charge in [-0.15, -0.1) is 11.3 Å². The van der Waals surface area contributed by atoms with Crippen LogP contribution in [0, 0.1) is 0 Å². The van der Waals surface area contributed by atoms with Crippen LogP contribution in [0.15, 0.2) is 23.8 Å². The molecule has 1 N–H and O–H groups in total. The molecule has 0 aliphatic heterocycles. The summed E-state index contributed by atoms with van der Waals surface area (Å²) in [6.07, 6.45) is 3.62. The number of aromatic nitrogens is 2. The fourth-order valence-electron chi connectivity index (χ4n) is 2.42. The van der Waals surface area contributed by atoms with Gasteiger partial charge in [-0.05, 0) is 31.7 Å². The van der Waals surface area contributed by atoms with E-state index in [4.69, 9.17) is 0 Å². The summed E-state index contributed by atoms with van der Waals surface area (Å²) in [7, 11) is 2.12. The first-order valence-corrected chi connectivity index (χ1v) is 8.38. The molecule has 21 heavy (non-hydrogen) atoms. The van der Waals surface area contributed by atoms with Gasteiger partial charge in [0.05, 0.1) is 0 Å². The van der Waals surface area contributed by atoms with Crippen molar-refractivity contribution in [3.8, 4) is 0 Å². The number of rotatable bonds is 7. The van der Waals surface area contributed by atoms with Gasteiger partial charge in [-0.25, -0.2) is 9.97 Å². The Hall–Kier alpha value is -1.62. The molecule has 4 nitrogen and oxygen atoms in total. The predicted octanol–water partition coefficient (Wildman–Crippen LogP) is 3.60. The van der Waals surface area contributed by atoms with Crippen molar-refractivity contribution >= 4 is 23.0 Å². The lowest BCUT2D eigenvalue weighted by molar-refractivity contribution is 0.675. The van der Waals surface area contributed by atoms with Gasteiger partial charge in [0.2, 0.25) is 0 Å². The van der Waals surface area contributed by atoms with Gasteiger partial charge in [-0.2, -0.15) is 0 Å². The first-order valence-electron chi connectivity index (χ1n) is 7.50. The lowest BCUT2D eigenvalue weighted by Gasteiger charge is -2.28. The standard InChI is InChI=1S/C16H24N4S/c1-5-14-15(17-6-2)18-11-19-16(14)20(4)12(3)10-13-8-7-9-21-13/h7-9,11-12H,5-6,10H2,1-4H3,(H,17,18,19). The monoisotopic (exact) mass is 304 g/mol. The minimum atomic E-state index is 0.401. The minimum absolute atomic E-state index is 0.401. The van der Waals surface area contributed by atoms with Crippen molar-refractivity contribution in [2.75, 3.05) is 23.8 Å². The summed E-state index contributed by atoms with van der Waals surface area (Å²) in [5.41, 5.74) is 1.19. The summed E-state index contributed by atoms with van der Waals surface area (Å²) in [4.78, 5) is 12.6. The molecule has 0 aromatic carbocycles. The average Bonchev–Trinajstić information content (AvgIpc) is 2.99. The largest absolute Gasteiger partial charge is 0.370 e. The third-order valence-corrected chi connectivity index (χ3v) is 4.59. The number of hydrogen-bond acceptors (Lipinski definition) is 5. The lowest BCUT2D eigenvalue weighted by atomic mass is 10.1. The maximum atomic E-state index is 4.52. The highest BCUT2D eigenvalue weighted by molar-refractivity contribution is 7.09. The van der Waals surface area contributed by atoms with Crippen LogP contribution < -0.4 is 10.2 Å². The van der Waals surface area contributed by atoms with E-state index in [1.807, 2.05) is 11.3 Å². The molecular weight excluding hydrogens is 280 g/mol. The van der Waals surface area contributed by atoms with Gasteiger partial charge in [0.1, 0.15) is 18.0 Å². The van der Waals surface area contributed by atoms with Crippen LogP contribution in [0.5, 0.6) is 0 Å². The molecule has 2 heterocycles. The van der Waals surface area contributed by atoms with E-state index in [2.05, 4.69) is 65.5 Å². The van der Waals surface area contributed by atoms with Gasteiger partial charge >= 0.3 is 0 Å². The topological polar surface area (TPSA) is 41.1 Å². The molecular formula is C16H24N4S. The van der Waals surface area contributed by atoms with Crippen LogP contribution in [0.2, 0.25) is 0 Å². The second kappa shape index (κ2) is 7.41. The Morgan fingerprint density at radius 1 is 1.33 bits per heavy atom. The molecule has 0 radical (unpaired) electrons. The van der Waals surface area contributed by atoms with Gasteiger partial charge in [0.25, 0.3) is 0 Å². The summed E-state index contributed by atoms with van der Waals surface area (Å²) in [5.74, 6) is 1.99. The summed E-state index contributed by atoms with van der Waals surface area (Å²) in [6.45, 7) is 7.36. The van der Waals surface area contributed by atoms with Gasteiger partial charge < -0.3 is 10.2 Å². The number of nitrogens with one attached hydrogen (secondary N) is 1. The molecule has 0 spiro atoms. The Balaban J connectivity index is 2.21. The van der Waals surface area contributed by atoms with Crippen molar-refractivity contribution in [2.24, 2.45) is 0 Å². The van der Waals surface area contributed by atoms with Crippen LogP contribution in [0.25, 0.3) is 0 Å². The smallest absolute Gasteiger partial charge is 0.137 e. The lowest BCUT2D eigenvalue weighted by Crippen LogP contribution is -2.32. The molecule has 5 heteroatoms. The van der Waals surface area contributed by atoms with Crippen LogP contribution in [0.4, 0.5) is 11.6 Å². The van der Waals surface area contributed by atoms with E-state index >= 15 is 0 Å². The molecule has 2 aromatic heterocycles. The zero-order valence-corrected chi connectivity index (χ0v) is 14.1. The van der Waals surface area contributed by atoms with Crippen molar-refractivity contribution in [3.05, 3.63) is 34.3 Å². The van der Waals surface area contributed by atoms with Crippen molar-refractivity contribution in [1.82, 2.24) is 9.97 Å². The zero-order valence-electron chi connectivity index (χ0n) is 13.3. The molecule has 1 atom stereocenters. The van der Waals surface area contributed by atoms with Crippen LogP contribution in [-0.2, 0) is 12.8 Å². The van der Waals surface area contributed by atoms with Gasteiger partial charge in [-0.1, -0.05) is 13.0 Å². The first-order chi connectivity index (χ1) is 10.2. The van der Waals surface area contributed by atoms with Crippen molar-refractivity contribution in [1.29, 1.82) is 0 Å². The molecule has 0 amide bonds. The van der Waals surface area contributed by atoms with E-state index in [0.29, 0.717) is 6.04 Å². The van der Waals surface area contributed by atoms with Gasteiger partial charge in [0.15, 0.2) is 0 Å². The first kappa shape index (κ1) is 15.8. The maximum Gasteiger partial charge on any atom is 0.137 e. The fraction of sp³-hybridized carbons (Fsp3) is 0.500. The number of likely N-dealkylation sites (N-methyl/N-ethyl adjacent to an activating group) is 1. The van der Waals surface area contributed by atoms with E-state index < -0.39 is 0 Å². The molecule has 114 valence electrons. The third kappa shape index (κ3) is 3.73. The highest BCUT2D eigenvalue weighted by Crippen LogP contribution is 2.25. The van der Waals surface area contributed by atoms with Crippen LogP contribution in [0.3, 0.4) is 0 Å². The average molecular weight is 304 g/mol. The zero-order chi connectivity index (χ0) is 15.2.